The van der Waals surface area contributed by atoms with Crippen LogP contribution in [0.3, 0.4) is 0 Å². The molecule has 3 rings (SSSR count). The normalized spacial score (nSPS) is 14.9. The Balaban J connectivity index is 2.03. The van der Waals surface area contributed by atoms with Crippen molar-refractivity contribution in [2.24, 2.45) is 0 Å². The smallest absolute Gasteiger partial charge is 0.162 e. The van der Waals surface area contributed by atoms with Crippen LogP contribution in [-0.2, 0) is 0 Å². The minimum Gasteiger partial charge on any atom is -0.486 e. The highest BCUT2D eigenvalue weighted by Crippen LogP contribution is 2.43. The first-order chi connectivity index (χ1) is 10.1. The van der Waals surface area contributed by atoms with Crippen molar-refractivity contribution in [3.05, 3.63) is 56.8 Å². The van der Waals surface area contributed by atoms with Gasteiger partial charge in [0.1, 0.15) is 19.0 Å². The van der Waals surface area contributed by atoms with Gasteiger partial charge in [0, 0.05) is 15.6 Å². The largest absolute Gasteiger partial charge is 0.486 e. The van der Waals surface area contributed by atoms with Crippen LogP contribution in [0, 0.1) is 5.82 Å². The van der Waals surface area contributed by atoms with Crippen LogP contribution in [0.2, 0.25) is 5.02 Å². The molecule has 1 aliphatic rings. The summed E-state index contributed by atoms with van der Waals surface area (Å²) in [4.78, 5) is -0.184. The Labute approximate surface area is 143 Å². The molecule has 6 heteroatoms. The van der Waals surface area contributed by atoms with Crippen LogP contribution in [-0.4, -0.2) is 13.2 Å². The van der Waals surface area contributed by atoms with Gasteiger partial charge in [0.05, 0.1) is 4.83 Å². The second-order valence-electron chi connectivity index (χ2n) is 4.55. The molecular formula is C15H10Br2ClFO2. The maximum Gasteiger partial charge on any atom is 0.162 e. The summed E-state index contributed by atoms with van der Waals surface area (Å²) in [7, 11) is 0. The Morgan fingerprint density at radius 1 is 1.05 bits per heavy atom. The van der Waals surface area contributed by atoms with E-state index in [0.717, 1.165) is 11.1 Å². The lowest BCUT2D eigenvalue weighted by Crippen LogP contribution is -2.15. The lowest BCUT2D eigenvalue weighted by atomic mass is 10.0. The zero-order chi connectivity index (χ0) is 15.0. The summed E-state index contributed by atoms with van der Waals surface area (Å²) >= 11 is 13.3. The van der Waals surface area contributed by atoms with E-state index in [1.807, 2.05) is 6.07 Å². The number of halogens is 4. The minimum absolute atomic E-state index is 0.184. The number of rotatable bonds is 2. The number of alkyl halides is 1. The maximum atomic E-state index is 13.2. The van der Waals surface area contributed by atoms with E-state index in [2.05, 4.69) is 31.9 Å². The highest BCUT2D eigenvalue weighted by molar-refractivity contribution is 9.11. The molecule has 110 valence electrons. The van der Waals surface area contributed by atoms with E-state index in [-0.39, 0.29) is 10.6 Å². The summed E-state index contributed by atoms with van der Waals surface area (Å²) in [5.41, 5.74) is 1.73. The summed E-state index contributed by atoms with van der Waals surface area (Å²) in [6, 6.07) is 8.16. The molecule has 0 aromatic heterocycles. The van der Waals surface area contributed by atoms with E-state index in [1.165, 1.54) is 12.1 Å². The highest BCUT2D eigenvalue weighted by Gasteiger charge is 2.21. The van der Waals surface area contributed by atoms with Gasteiger partial charge < -0.3 is 9.47 Å². The third-order valence-corrected chi connectivity index (χ3v) is 5.17. The lowest BCUT2D eigenvalue weighted by Gasteiger charge is -2.21. The van der Waals surface area contributed by atoms with Gasteiger partial charge in [-0.25, -0.2) is 4.39 Å². The van der Waals surface area contributed by atoms with Crippen LogP contribution in [0.25, 0.3) is 0 Å². The zero-order valence-corrected chi connectivity index (χ0v) is 14.6. The minimum atomic E-state index is -0.293. The first kappa shape index (κ1) is 15.1. The van der Waals surface area contributed by atoms with Gasteiger partial charge in [0.15, 0.2) is 11.5 Å². The van der Waals surface area contributed by atoms with Crippen LogP contribution in [0.4, 0.5) is 4.39 Å². The second kappa shape index (κ2) is 6.15. The van der Waals surface area contributed by atoms with Crippen LogP contribution in [0.5, 0.6) is 11.5 Å². The summed E-state index contributed by atoms with van der Waals surface area (Å²) in [5, 5.41) is 0.567. The molecule has 0 spiro atoms. The molecule has 1 unspecified atom stereocenters. The SMILES string of the molecule is Fc1ccc(C(Br)c2cc3c(cc2Cl)OCCO3)c(Br)c1. The van der Waals surface area contributed by atoms with Crippen molar-refractivity contribution in [1.82, 2.24) is 0 Å². The van der Waals surface area contributed by atoms with Gasteiger partial charge in [-0.1, -0.05) is 49.5 Å². The number of benzene rings is 2. The molecular weight excluding hydrogens is 426 g/mol. The quantitative estimate of drug-likeness (QED) is 0.579. The van der Waals surface area contributed by atoms with Crippen molar-refractivity contribution in [2.75, 3.05) is 13.2 Å². The molecule has 21 heavy (non-hydrogen) atoms. The fraction of sp³-hybridized carbons (Fsp3) is 0.200. The van der Waals surface area contributed by atoms with Gasteiger partial charge in [0.25, 0.3) is 0 Å². The number of fused-ring (bicyclic) bond motifs is 1. The predicted octanol–water partition coefficient (Wildman–Crippen LogP) is 5.50. The number of hydrogen-bond acceptors (Lipinski definition) is 2. The molecule has 0 aliphatic carbocycles. The number of ether oxygens (including phenoxy) is 2. The average molecular weight is 437 g/mol. The zero-order valence-electron chi connectivity index (χ0n) is 10.7. The Morgan fingerprint density at radius 2 is 1.71 bits per heavy atom. The first-order valence-electron chi connectivity index (χ1n) is 6.24. The van der Waals surface area contributed by atoms with E-state index in [4.69, 9.17) is 21.1 Å². The van der Waals surface area contributed by atoms with Crippen molar-refractivity contribution in [1.29, 1.82) is 0 Å². The molecule has 0 saturated heterocycles. The molecule has 1 heterocycles. The molecule has 2 aromatic carbocycles. The molecule has 0 amide bonds. The maximum absolute atomic E-state index is 13.2. The Kier molecular flexibility index (Phi) is 4.43. The fourth-order valence-electron chi connectivity index (χ4n) is 2.15. The van der Waals surface area contributed by atoms with Crippen molar-refractivity contribution in [2.45, 2.75) is 4.83 Å². The summed E-state index contributed by atoms with van der Waals surface area (Å²) in [6.07, 6.45) is 0. The van der Waals surface area contributed by atoms with Gasteiger partial charge in [-0.3, -0.25) is 0 Å². The average Bonchev–Trinajstić information content (AvgIpc) is 2.46. The van der Waals surface area contributed by atoms with E-state index < -0.39 is 0 Å². The molecule has 2 aromatic rings. The van der Waals surface area contributed by atoms with Crippen LogP contribution >= 0.6 is 43.5 Å². The Morgan fingerprint density at radius 3 is 2.38 bits per heavy atom. The monoisotopic (exact) mass is 434 g/mol. The van der Waals surface area contributed by atoms with Gasteiger partial charge in [-0.2, -0.15) is 0 Å². The third kappa shape index (κ3) is 3.05. The van der Waals surface area contributed by atoms with Crippen molar-refractivity contribution < 1.29 is 13.9 Å². The highest BCUT2D eigenvalue weighted by atomic mass is 79.9. The molecule has 0 bridgehead atoms. The molecule has 2 nitrogen and oxygen atoms in total. The molecule has 1 aliphatic heterocycles. The molecule has 1 atom stereocenters. The lowest BCUT2D eigenvalue weighted by molar-refractivity contribution is 0.171. The van der Waals surface area contributed by atoms with E-state index in [1.54, 1.807) is 12.1 Å². The molecule has 0 radical (unpaired) electrons. The van der Waals surface area contributed by atoms with Gasteiger partial charge in [-0.05, 0) is 29.3 Å². The summed E-state index contributed by atoms with van der Waals surface area (Å²) < 4.78 is 25.0. The van der Waals surface area contributed by atoms with Crippen molar-refractivity contribution in [3.63, 3.8) is 0 Å². The Hall–Kier alpha value is -0.780. The molecule has 0 N–H and O–H groups in total. The van der Waals surface area contributed by atoms with Crippen molar-refractivity contribution >= 4 is 43.5 Å². The summed E-state index contributed by atoms with van der Waals surface area (Å²) in [6.45, 7) is 1.03. The van der Waals surface area contributed by atoms with Crippen LogP contribution in [0.1, 0.15) is 16.0 Å². The van der Waals surface area contributed by atoms with E-state index in [0.29, 0.717) is 34.2 Å². The Bertz CT molecular complexity index is 694. The standard InChI is InChI=1S/C15H10Br2ClFO2/c16-11-5-8(19)1-2-9(11)15(17)10-6-13-14(7-12(10)18)21-4-3-20-13/h1-2,5-7,15H,3-4H2. The van der Waals surface area contributed by atoms with Crippen molar-refractivity contribution in [3.8, 4) is 11.5 Å². The topological polar surface area (TPSA) is 18.5 Å². The van der Waals surface area contributed by atoms with E-state index >= 15 is 0 Å². The van der Waals surface area contributed by atoms with Crippen LogP contribution in [0.15, 0.2) is 34.8 Å². The van der Waals surface area contributed by atoms with E-state index in [9.17, 15) is 4.39 Å². The predicted molar refractivity (Wildman–Crippen MR) is 87.3 cm³/mol. The molecule has 0 saturated carbocycles. The second-order valence-corrected chi connectivity index (χ2v) is 6.72. The summed E-state index contributed by atoms with van der Waals surface area (Å²) in [5.74, 6) is 1.02. The number of hydrogen-bond donors (Lipinski definition) is 0. The van der Waals surface area contributed by atoms with Gasteiger partial charge in [-0.15, -0.1) is 0 Å². The van der Waals surface area contributed by atoms with Crippen LogP contribution < -0.4 is 9.47 Å². The third-order valence-electron chi connectivity index (χ3n) is 3.17. The van der Waals surface area contributed by atoms with Gasteiger partial charge in [0.2, 0.25) is 0 Å². The molecule has 0 fully saturated rings. The van der Waals surface area contributed by atoms with Gasteiger partial charge >= 0.3 is 0 Å². The fourth-order valence-corrected chi connectivity index (χ4v) is 4.21. The first-order valence-corrected chi connectivity index (χ1v) is 8.33.